The lowest BCUT2D eigenvalue weighted by Gasteiger charge is -2.23. The first-order chi connectivity index (χ1) is 8.66. The molecule has 1 aliphatic rings. The zero-order valence-corrected chi connectivity index (χ0v) is 10.4. The second-order valence-corrected chi connectivity index (χ2v) is 4.77. The summed E-state index contributed by atoms with van der Waals surface area (Å²) in [6.07, 6.45) is 0. The molecule has 2 rings (SSSR count). The van der Waals surface area contributed by atoms with E-state index in [4.69, 9.17) is 0 Å². The molecule has 0 aliphatic carbocycles. The standard InChI is InChI=1S/C12H12N2O3S/c15-10(13-9-4-2-1-3-5-9)6-14-11(16)7-18-8-12(14)17/h1-5H,6-8H2,(H,13,15). The first-order valence-electron chi connectivity index (χ1n) is 5.42. The van der Waals surface area contributed by atoms with Crippen LogP contribution in [-0.4, -0.2) is 40.7 Å². The molecule has 0 atom stereocenters. The highest BCUT2D eigenvalue weighted by molar-refractivity contribution is 8.00. The summed E-state index contributed by atoms with van der Waals surface area (Å²) in [5, 5.41) is 2.64. The highest BCUT2D eigenvalue weighted by atomic mass is 32.2. The van der Waals surface area contributed by atoms with Gasteiger partial charge in [0.25, 0.3) is 0 Å². The molecular weight excluding hydrogens is 252 g/mol. The molecule has 0 bridgehead atoms. The number of thioether (sulfide) groups is 1. The molecule has 3 amide bonds. The second kappa shape index (κ2) is 5.68. The van der Waals surface area contributed by atoms with Crippen LogP contribution in [0.3, 0.4) is 0 Å². The van der Waals surface area contributed by atoms with Crippen LogP contribution in [0.2, 0.25) is 0 Å². The van der Waals surface area contributed by atoms with Gasteiger partial charge < -0.3 is 5.32 Å². The van der Waals surface area contributed by atoms with Crippen LogP contribution in [0, 0.1) is 0 Å². The van der Waals surface area contributed by atoms with Gasteiger partial charge in [0.1, 0.15) is 6.54 Å². The van der Waals surface area contributed by atoms with E-state index in [-0.39, 0.29) is 35.8 Å². The van der Waals surface area contributed by atoms with E-state index in [1.165, 1.54) is 11.8 Å². The highest BCUT2D eigenvalue weighted by Crippen LogP contribution is 2.12. The maximum atomic E-state index is 11.7. The molecule has 0 radical (unpaired) electrons. The van der Waals surface area contributed by atoms with Crippen LogP contribution in [0.25, 0.3) is 0 Å². The van der Waals surface area contributed by atoms with Crippen molar-refractivity contribution in [3.8, 4) is 0 Å². The number of para-hydroxylation sites is 1. The number of benzene rings is 1. The molecule has 1 N–H and O–H groups in total. The number of hydrogen-bond donors (Lipinski definition) is 1. The van der Waals surface area contributed by atoms with Crippen LogP contribution in [0.1, 0.15) is 0 Å². The van der Waals surface area contributed by atoms with Gasteiger partial charge in [0.05, 0.1) is 11.5 Å². The summed E-state index contributed by atoms with van der Waals surface area (Å²) in [5.74, 6) is -0.469. The lowest BCUT2D eigenvalue weighted by Crippen LogP contribution is -2.46. The Morgan fingerprint density at radius 2 is 1.78 bits per heavy atom. The lowest BCUT2D eigenvalue weighted by molar-refractivity contribution is -0.144. The van der Waals surface area contributed by atoms with E-state index in [1.807, 2.05) is 6.07 Å². The van der Waals surface area contributed by atoms with E-state index in [0.29, 0.717) is 5.69 Å². The Hall–Kier alpha value is -1.82. The van der Waals surface area contributed by atoms with Crippen molar-refractivity contribution in [1.29, 1.82) is 0 Å². The van der Waals surface area contributed by atoms with Crippen LogP contribution < -0.4 is 5.32 Å². The summed E-state index contributed by atoms with van der Waals surface area (Å²) in [6.45, 7) is -0.215. The molecule has 94 valence electrons. The molecule has 1 heterocycles. The summed E-state index contributed by atoms with van der Waals surface area (Å²) in [4.78, 5) is 35.7. The molecule has 1 aromatic rings. The van der Waals surface area contributed by atoms with Crippen LogP contribution in [-0.2, 0) is 14.4 Å². The molecule has 0 aromatic heterocycles. The third-order valence-electron chi connectivity index (χ3n) is 2.41. The zero-order chi connectivity index (χ0) is 13.0. The third-order valence-corrected chi connectivity index (χ3v) is 3.31. The number of nitrogens with one attached hydrogen (secondary N) is 1. The van der Waals surface area contributed by atoms with E-state index < -0.39 is 0 Å². The van der Waals surface area contributed by atoms with Gasteiger partial charge in [0.2, 0.25) is 17.7 Å². The van der Waals surface area contributed by atoms with Gasteiger partial charge in [-0.25, -0.2) is 0 Å². The van der Waals surface area contributed by atoms with Crippen molar-refractivity contribution in [1.82, 2.24) is 4.90 Å². The van der Waals surface area contributed by atoms with Crippen LogP contribution in [0.15, 0.2) is 30.3 Å². The Bertz CT molecular complexity index is 459. The quantitative estimate of drug-likeness (QED) is 0.817. The lowest BCUT2D eigenvalue weighted by atomic mass is 10.3. The van der Waals surface area contributed by atoms with E-state index in [9.17, 15) is 14.4 Å². The molecular formula is C12H12N2O3S. The van der Waals surface area contributed by atoms with Crippen molar-refractivity contribution in [2.24, 2.45) is 0 Å². The predicted molar refractivity (Wildman–Crippen MR) is 69.1 cm³/mol. The fourth-order valence-electron chi connectivity index (χ4n) is 1.56. The van der Waals surface area contributed by atoms with Gasteiger partial charge >= 0.3 is 0 Å². The van der Waals surface area contributed by atoms with Crippen molar-refractivity contribution in [3.05, 3.63) is 30.3 Å². The average Bonchev–Trinajstić information content (AvgIpc) is 2.35. The summed E-state index contributed by atoms with van der Waals surface area (Å²) < 4.78 is 0. The minimum absolute atomic E-state index is 0.215. The molecule has 6 heteroatoms. The molecule has 0 unspecified atom stereocenters. The first-order valence-corrected chi connectivity index (χ1v) is 6.58. The second-order valence-electron chi connectivity index (χ2n) is 3.78. The molecule has 0 spiro atoms. The highest BCUT2D eigenvalue weighted by Gasteiger charge is 2.27. The van der Waals surface area contributed by atoms with Gasteiger partial charge in [0.15, 0.2) is 0 Å². The number of carbonyl (C=O) groups is 3. The number of hydrogen-bond acceptors (Lipinski definition) is 4. The monoisotopic (exact) mass is 264 g/mol. The Kier molecular flexibility index (Phi) is 3.99. The van der Waals surface area contributed by atoms with E-state index in [0.717, 1.165) is 4.90 Å². The van der Waals surface area contributed by atoms with Gasteiger partial charge in [-0.05, 0) is 12.1 Å². The molecule has 18 heavy (non-hydrogen) atoms. The molecule has 5 nitrogen and oxygen atoms in total. The van der Waals surface area contributed by atoms with Crippen molar-refractivity contribution in [2.75, 3.05) is 23.4 Å². The maximum Gasteiger partial charge on any atom is 0.244 e. The number of carbonyl (C=O) groups excluding carboxylic acids is 3. The summed E-state index contributed by atoms with van der Waals surface area (Å²) >= 11 is 1.27. The number of imide groups is 1. The Balaban J connectivity index is 1.94. The van der Waals surface area contributed by atoms with Crippen molar-refractivity contribution >= 4 is 35.2 Å². The minimum Gasteiger partial charge on any atom is -0.325 e. The van der Waals surface area contributed by atoms with E-state index in [2.05, 4.69) is 5.32 Å². The van der Waals surface area contributed by atoms with Gasteiger partial charge in [-0.1, -0.05) is 18.2 Å². The molecule has 1 aromatic carbocycles. The Morgan fingerprint density at radius 1 is 1.17 bits per heavy atom. The van der Waals surface area contributed by atoms with Crippen LogP contribution in [0.4, 0.5) is 5.69 Å². The van der Waals surface area contributed by atoms with Gasteiger partial charge in [-0.15, -0.1) is 11.8 Å². The fourth-order valence-corrected chi connectivity index (χ4v) is 2.33. The average molecular weight is 264 g/mol. The van der Waals surface area contributed by atoms with Gasteiger partial charge in [-0.2, -0.15) is 0 Å². The van der Waals surface area contributed by atoms with Gasteiger partial charge in [0, 0.05) is 5.69 Å². The predicted octanol–water partition coefficient (Wildman–Crippen LogP) is 0.727. The summed E-state index contributed by atoms with van der Waals surface area (Å²) in [5.41, 5.74) is 0.647. The van der Waals surface area contributed by atoms with Crippen molar-refractivity contribution in [3.63, 3.8) is 0 Å². The topological polar surface area (TPSA) is 66.5 Å². The Morgan fingerprint density at radius 3 is 2.39 bits per heavy atom. The minimum atomic E-state index is -0.366. The van der Waals surface area contributed by atoms with Crippen molar-refractivity contribution in [2.45, 2.75) is 0 Å². The van der Waals surface area contributed by atoms with Crippen molar-refractivity contribution < 1.29 is 14.4 Å². The third kappa shape index (κ3) is 3.10. The summed E-state index contributed by atoms with van der Waals surface area (Å²) in [7, 11) is 0. The Labute approximate surface area is 109 Å². The van der Waals surface area contributed by atoms with E-state index in [1.54, 1.807) is 24.3 Å². The molecule has 1 aliphatic heterocycles. The smallest absolute Gasteiger partial charge is 0.244 e. The number of nitrogens with zero attached hydrogens (tertiary/aromatic N) is 1. The largest absolute Gasteiger partial charge is 0.325 e. The normalized spacial score (nSPS) is 15.7. The zero-order valence-electron chi connectivity index (χ0n) is 9.59. The molecule has 1 fully saturated rings. The van der Waals surface area contributed by atoms with E-state index >= 15 is 0 Å². The summed E-state index contributed by atoms with van der Waals surface area (Å²) in [6, 6.07) is 8.92. The van der Waals surface area contributed by atoms with Crippen LogP contribution in [0.5, 0.6) is 0 Å². The number of rotatable bonds is 3. The number of anilines is 1. The fraction of sp³-hybridized carbons (Fsp3) is 0.250. The first kappa shape index (κ1) is 12.6. The maximum absolute atomic E-state index is 11.7. The number of amides is 3. The molecule has 1 saturated heterocycles. The SMILES string of the molecule is O=C(CN1C(=O)CSCC1=O)Nc1ccccc1. The molecule has 0 saturated carbocycles. The van der Waals surface area contributed by atoms with Gasteiger partial charge in [-0.3, -0.25) is 19.3 Å². The van der Waals surface area contributed by atoms with Crippen LogP contribution >= 0.6 is 11.8 Å².